The molecule has 0 radical (unpaired) electrons. The van der Waals surface area contributed by atoms with Crippen LogP contribution in [0, 0.1) is 12.8 Å². The van der Waals surface area contributed by atoms with Crippen molar-refractivity contribution in [2.75, 3.05) is 13.1 Å². The third kappa shape index (κ3) is 5.31. The average molecular weight is 360 g/mol. The van der Waals surface area contributed by atoms with Gasteiger partial charge in [0.05, 0.1) is 5.92 Å². The number of nitrogens with zero attached hydrogens (tertiary/aromatic N) is 1. The minimum absolute atomic E-state index is 0.000282. The van der Waals surface area contributed by atoms with Crippen molar-refractivity contribution in [3.05, 3.63) is 35.4 Å². The van der Waals surface area contributed by atoms with E-state index in [4.69, 9.17) is 0 Å². The summed E-state index contributed by atoms with van der Waals surface area (Å²) < 4.78 is 0. The van der Waals surface area contributed by atoms with Gasteiger partial charge in [-0.1, -0.05) is 36.8 Å². The van der Waals surface area contributed by atoms with E-state index in [1.807, 2.05) is 38.1 Å². The summed E-state index contributed by atoms with van der Waals surface area (Å²) in [5.41, 5.74) is 2.01. The van der Waals surface area contributed by atoms with Gasteiger partial charge in [-0.2, -0.15) is 0 Å². The maximum absolute atomic E-state index is 12.5. The lowest BCUT2D eigenvalue weighted by Gasteiger charge is -2.24. The molecule has 2 N–H and O–H groups in total. The van der Waals surface area contributed by atoms with Gasteiger partial charge in [0.1, 0.15) is 6.04 Å². The number of likely N-dealkylation sites (tertiary alicyclic amines) is 1. The van der Waals surface area contributed by atoms with Gasteiger partial charge in [0.15, 0.2) is 0 Å². The summed E-state index contributed by atoms with van der Waals surface area (Å²) in [6.45, 7) is 4.56. The Morgan fingerprint density at radius 2 is 2.12 bits per heavy atom. The van der Waals surface area contributed by atoms with E-state index in [0.29, 0.717) is 25.8 Å². The largest absolute Gasteiger partial charge is 0.481 e. The molecule has 2 rings (SSSR count). The van der Waals surface area contributed by atoms with Crippen LogP contribution in [-0.4, -0.2) is 46.9 Å². The number of aryl methyl sites for hydroxylation is 1. The van der Waals surface area contributed by atoms with Crippen LogP contribution in [0.4, 0.5) is 0 Å². The van der Waals surface area contributed by atoms with Crippen LogP contribution in [0.1, 0.15) is 43.7 Å². The summed E-state index contributed by atoms with van der Waals surface area (Å²) in [5, 5.41) is 12.2. The van der Waals surface area contributed by atoms with Crippen LogP contribution in [0.3, 0.4) is 0 Å². The molecule has 2 unspecified atom stereocenters. The third-order valence-corrected chi connectivity index (χ3v) is 4.78. The van der Waals surface area contributed by atoms with Crippen LogP contribution >= 0.6 is 0 Å². The number of hydrogen-bond acceptors (Lipinski definition) is 3. The first-order chi connectivity index (χ1) is 12.4. The summed E-state index contributed by atoms with van der Waals surface area (Å²) in [4.78, 5) is 37.8. The van der Waals surface area contributed by atoms with Crippen LogP contribution in [0.25, 0.3) is 0 Å². The normalized spacial score (nSPS) is 17.8. The quantitative estimate of drug-likeness (QED) is 0.744. The highest BCUT2D eigenvalue weighted by Gasteiger charge is 2.34. The van der Waals surface area contributed by atoms with Gasteiger partial charge >= 0.3 is 5.97 Å². The number of rotatable bonds is 8. The molecule has 1 heterocycles. The zero-order chi connectivity index (χ0) is 19.1. The Hall–Kier alpha value is -2.37. The molecular formula is C20H28N2O4. The summed E-state index contributed by atoms with van der Waals surface area (Å²) in [6.07, 6.45) is 2.99. The fourth-order valence-corrected chi connectivity index (χ4v) is 3.41. The van der Waals surface area contributed by atoms with Crippen molar-refractivity contribution in [2.45, 2.75) is 52.0 Å². The van der Waals surface area contributed by atoms with Gasteiger partial charge in [-0.05, 0) is 38.2 Å². The van der Waals surface area contributed by atoms with Gasteiger partial charge in [-0.3, -0.25) is 14.4 Å². The second kappa shape index (κ2) is 9.36. The first kappa shape index (κ1) is 19.9. The second-order valence-electron chi connectivity index (χ2n) is 6.97. The van der Waals surface area contributed by atoms with E-state index in [9.17, 15) is 19.5 Å². The van der Waals surface area contributed by atoms with Crippen LogP contribution in [0.15, 0.2) is 24.3 Å². The van der Waals surface area contributed by atoms with E-state index >= 15 is 0 Å². The van der Waals surface area contributed by atoms with E-state index in [1.165, 1.54) is 0 Å². The average Bonchev–Trinajstić information content (AvgIpc) is 3.08. The molecule has 0 saturated carbocycles. The number of carbonyl (C=O) groups excluding carboxylic acids is 2. The molecule has 2 atom stereocenters. The first-order valence-electron chi connectivity index (χ1n) is 9.28. The Labute approximate surface area is 154 Å². The minimum Gasteiger partial charge on any atom is -0.481 e. The van der Waals surface area contributed by atoms with Crippen molar-refractivity contribution in [1.82, 2.24) is 10.2 Å². The van der Waals surface area contributed by atoms with Crippen molar-refractivity contribution >= 4 is 17.8 Å². The zero-order valence-corrected chi connectivity index (χ0v) is 15.5. The Kier molecular flexibility index (Phi) is 7.18. The first-order valence-corrected chi connectivity index (χ1v) is 9.28. The van der Waals surface area contributed by atoms with Crippen LogP contribution in [0.2, 0.25) is 0 Å². The number of carboxylic acid groups (broad SMARTS) is 1. The number of nitrogens with one attached hydrogen (secondary N) is 1. The van der Waals surface area contributed by atoms with Crippen molar-refractivity contribution in [2.24, 2.45) is 5.92 Å². The molecule has 1 aromatic rings. The van der Waals surface area contributed by atoms with Gasteiger partial charge in [0, 0.05) is 19.5 Å². The molecule has 1 fully saturated rings. The Morgan fingerprint density at radius 1 is 1.35 bits per heavy atom. The molecule has 0 aliphatic carbocycles. The Balaban J connectivity index is 1.94. The summed E-state index contributed by atoms with van der Waals surface area (Å²) in [5.74, 6) is -1.87. The maximum Gasteiger partial charge on any atom is 0.308 e. The van der Waals surface area contributed by atoms with E-state index in [-0.39, 0.29) is 18.4 Å². The van der Waals surface area contributed by atoms with Crippen molar-refractivity contribution in [3.63, 3.8) is 0 Å². The van der Waals surface area contributed by atoms with Gasteiger partial charge in [0.2, 0.25) is 11.8 Å². The van der Waals surface area contributed by atoms with Crippen LogP contribution in [0.5, 0.6) is 0 Å². The molecule has 0 bridgehead atoms. The predicted molar refractivity (Wildman–Crippen MR) is 98.7 cm³/mol. The Bertz CT molecular complexity index is 659. The molecule has 1 aliphatic rings. The second-order valence-corrected chi connectivity index (χ2v) is 6.97. The number of hydrogen-bond donors (Lipinski definition) is 2. The number of benzene rings is 1. The predicted octanol–water partition coefficient (Wildman–Crippen LogP) is 2.15. The van der Waals surface area contributed by atoms with E-state index in [2.05, 4.69) is 5.32 Å². The third-order valence-electron chi connectivity index (χ3n) is 4.78. The number of aliphatic carboxylic acids is 1. The van der Waals surface area contributed by atoms with Gasteiger partial charge in [-0.15, -0.1) is 0 Å². The smallest absolute Gasteiger partial charge is 0.308 e. The zero-order valence-electron chi connectivity index (χ0n) is 15.5. The number of carbonyl (C=O) groups is 3. The van der Waals surface area contributed by atoms with E-state index in [0.717, 1.165) is 24.0 Å². The van der Waals surface area contributed by atoms with Gasteiger partial charge < -0.3 is 15.3 Å². The van der Waals surface area contributed by atoms with Crippen molar-refractivity contribution in [1.29, 1.82) is 0 Å². The highest BCUT2D eigenvalue weighted by atomic mass is 16.4. The van der Waals surface area contributed by atoms with Crippen LogP contribution in [-0.2, 0) is 20.8 Å². The summed E-state index contributed by atoms with van der Waals surface area (Å²) in [7, 11) is 0. The van der Waals surface area contributed by atoms with Gasteiger partial charge in [0.25, 0.3) is 0 Å². The molecule has 1 aromatic carbocycles. The lowest BCUT2D eigenvalue weighted by Crippen LogP contribution is -2.47. The molecule has 6 heteroatoms. The SMILES string of the molecule is CCCC(=O)N1CCCC1C(=O)NCC(Cc1cccc(C)c1)C(=O)O. The maximum atomic E-state index is 12.5. The topological polar surface area (TPSA) is 86.7 Å². The van der Waals surface area contributed by atoms with E-state index in [1.54, 1.807) is 4.90 Å². The van der Waals surface area contributed by atoms with E-state index < -0.39 is 17.9 Å². The van der Waals surface area contributed by atoms with Gasteiger partial charge in [-0.25, -0.2) is 0 Å². The monoisotopic (exact) mass is 360 g/mol. The standard InChI is InChI=1S/C20H28N2O4/c1-3-6-18(23)22-10-5-9-17(22)19(24)21-13-16(20(25)26)12-15-8-4-7-14(2)11-15/h4,7-8,11,16-17H,3,5-6,9-10,12-13H2,1-2H3,(H,21,24)(H,25,26). The molecule has 0 spiro atoms. The fraction of sp³-hybridized carbons (Fsp3) is 0.550. The molecule has 6 nitrogen and oxygen atoms in total. The Morgan fingerprint density at radius 3 is 2.77 bits per heavy atom. The molecule has 26 heavy (non-hydrogen) atoms. The summed E-state index contributed by atoms with van der Waals surface area (Å²) >= 11 is 0. The summed E-state index contributed by atoms with van der Waals surface area (Å²) in [6, 6.07) is 7.25. The molecule has 142 valence electrons. The molecule has 0 aromatic heterocycles. The molecule has 1 aliphatic heterocycles. The lowest BCUT2D eigenvalue weighted by atomic mass is 9.98. The fourth-order valence-electron chi connectivity index (χ4n) is 3.41. The minimum atomic E-state index is -0.933. The molecular weight excluding hydrogens is 332 g/mol. The van der Waals surface area contributed by atoms with Crippen LogP contribution < -0.4 is 5.32 Å². The van der Waals surface area contributed by atoms with Crippen molar-refractivity contribution in [3.8, 4) is 0 Å². The lowest BCUT2D eigenvalue weighted by molar-refractivity contribution is -0.142. The number of carboxylic acids is 1. The number of amides is 2. The highest BCUT2D eigenvalue weighted by molar-refractivity contribution is 5.88. The highest BCUT2D eigenvalue weighted by Crippen LogP contribution is 2.19. The van der Waals surface area contributed by atoms with Crippen molar-refractivity contribution < 1.29 is 19.5 Å². The molecule has 2 amide bonds. The molecule has 1 saturated heterocycles.